The number of hydrogen-bond donors (Lipinski definition) is 1. The van der Waals surface area contributed by atoms with Gasteiger partial charge in [0, 0.05) is 35.4 Å². The third kappa shape index (κ3) is 4.38. The maximum Gasteiger partial charge on any atom is 0.225 e. The van der Waals surface area contributed by atoms with E-state index < -0.39 is 0 Å². The van der Waals surface area contributed by atoms with Crippen molar-refractivity contribution in [3.63, 3.8) is 0 Å². The standard InChI is InChI=1S/C20H21BrN4O/c1-14-19(15-9-11-16(21)12-10-15)20(25(2)24-14)23-18(26)8-5-7-17-6-3-4-13-22-17/h3-4,6,9-13H,5,7-8H2,1-2H3,(H,23,26). The number of nitrogens with one attached hydrogen (secondary N) is 1. The van der Waals surface area contributed by atoms with E-state index in [1.54, 1.807) is 10.9 Å². The fourth-order valence-corrected chi connectivity index (χ4v) is 3.20. The number of rotatable bonds is 6. The molecule has 0 fully saturated rings. The average Bonchev–Trinajstić information content (AvgIpc) is 2.90. The number of carbonyl (C=O) groups is 1. The summed E-state index contributed by atoms with van der Waals surface area (Å²) in [5.74, 6) is 0.718. The van der Waals surface area contributed by atoms with E-state index in [9.17, 15) is 4.79 Å². The zero-order valence-corrected chi connectivity index (χ0v) is 16.5. The van der Waals surface area contributed by atoms with Crippen LogP contribution in [-0.4, -0.2) is 20.7 Å². The van der Waals surface area contributed by atoms with Crippen LogP contribution in [0.3, 0.4) is 0 Å². The summed E-state index contributed by atoms with van der Waals surface area (Å²) < 4.78 is 2.74. The van der Waals surface area contributed by atoms with Crippen LogP contribution in [0, 0.1) is 6.92 Å². The van der Waals surface area contributed by atoms with Crippen molar-refractivity contribution in [3.8, 4) is 11.1 Å². The van der Waals surface area contributed by atoms with Gasteiger partial charge in [0.05, 0.1) is 5.69 Å². The summed E-state index contributed by atoms with van der Waals surface area (Å²) in [7, 11) is 1.85. The van der Waals surface area contributed by atoms with E-state index in [0.29, 0.717) is 6.42 Å². The number of anilines is 1. The minimum Gasteiger partial charge on any atom is -0.310 e. The third-order valence-corrected chi connectivity index (χ3v) is 4.70. The summed E-state index contributed by atoms with van der Waals surface area (Å²) in [6.45, 7) is 1.95. The minimum absolute atomic E-state index is 0.0118. The molecule has 3 aromatic rings. The van der Waals surface area contributed by atoms with Crippen molar-refractivity contribution in [3.05, 3.63) is 64.5 Å². The van der Waals surface area contributed by atoms with Crippen LogP contribution in [0.1, 0.15) is 24.2 Å². The molecule has 0 atom stereocenters. The number of amides is 1. The van der Waals surface area contributed by atoms with Crippen molar-refractivity contribution in [1.82, 2.24) is 14.8 Å². The SMILES string of the molecule is Cc1nn(C)c(NC(=O)CCCc2ccccn2)c1-c1ccc(Br)cc1. The summed E-state index contributed by atoms with van der Waals surface area (Å²) in [4.78, 5) is 16.7. The van der Waals surface area contributed by atoms with Crippen LogP contribution in [-0.2, 0) is 18.3 Å². The lowest BCUT2D eigenvalue weighted by Crippen LogP contribution is -2.15. The van der Waals surface area contributed by atoms with Gasteiger partial charge in [-0.3, -0.25) is 14.5 Å². The van der Waals surface area contributed by atoms with Crippen molar-refractivity contribution in [1.29, 1.82) is 0 Å². The minimum atomic E-state index is -0.0118. The van der Waals surface area contributed by atoms with Gasteiger partial charge in [-0.25, -0.2) is 0 Å². The van der Waals surface area contributed by atoms with Crippen LogP contribution in [0.2, 0.25) is 0 Å². The quantitative estimate of drug-likeness (QED) is 0.647. The first-order chi connectivity index (χ1) is 12.5. The summed E-state index contributed by atoms with van der Waals surface area (Å²) >= 11 is 3.45. The molecule has 0 spiro atoms. The van der Waals surface area contributed by atoms with E-state index in [-0.39, 0.29) is 5.91 Å². The van der Waals surface area contributed by atoms with Gasteiger partial charge in [-0.05, 0) is 49.6 Å². The monoisotopic (exact) mass is 412 g/mol. The van der Waals surface area contributed by atoms with E-state index in [4.69, 9.17) is 0 Å². The molecular weight excluding hydrogens is 392 g/mol. The second-order valence-electron chi connectivity index (χ2n) is 6.16. The highest BCUT2D eigenvalue weighted by molar-refractivity contribution is 9.10. The maximum absolute atomic E-state index is 12.4. The fraction of sp³-hybridized carbons (Fsp3) is 0.250. The molecule has 0 saturated carbocycles. The lowest BCUT2D eigenvalue weighted by atomic mass is 10.1. The second-order valence-corrected chi connectivity index (χ2v) is 7.08. The molecule has 1 amide bonds. The predicted octanol–water partition coefficient (Wildman–Crippen LogP) is 4.51. The molecule has 6 heteroatoms. The molecule has 0 radical (unpaired) electrons. The first-order valence-electron chi connectivity index (χ1n) is 8.54. The van der Waals surface area contributed by atoms with Crippen LogP contribution in [0.5, 0.6) is 0 Å². The van der Waals surface area contributed by atoms with E-state index in [1.165, 1.54) is 0 Å². The Hall–Kier alpha value is -2.47. The molecule has 5 nitrogen and oxygen atoms in total. The molecule has 0 aliphatic rings. The number of hydrogen-bond acceptors (Lipinski definition) is 3. The highest BCUT2D eigenvalue weighted by Gasteiger charge is 2.17. The smallest absolute Gasteiger partial charge is 0.225 e. The number of benzene rings is 1. The highest BCUT2D eigenvalue weighted by Crippen LogP contribution is 2.32. The Labute approximate surface area is 161 Å². The van der Waals surface area contributed by atoms with Gasteiger partial charge >= 0.3 is 0 Å². The summed E-state index contributed by atoms with van der Waals surface area (Å²) in [6.07, 6.45) is 3.77. The van der Waals surface area contributed by atoms with Crippen LogP contribution in [0.25, 0.3) is 11.1 Å². The second kappa shape index (κ2) is 8.27. The van der Waals surface area contributed by atoms with Crippen molar-refractivity contribution in [2.24, 2.45) is 7.05 Å². The van der Waals surface area contributed by atoms with E-state index >= 15 is 0 Å². The van der Waals surface area contributed by atoms with Crippen molar-refractivity contribution in [2.45, 2.75) is 26.2 Å². The van der Waals surface area contributed by atoms with E-state index in [1.807, 2.05) is 56.4 Å². The van der Waals surface area contributed by atoms with Gasteiger partial charge in [-0.2, -0.15) is 5.10 Å². The summed E-state index contributed by atoms with van der Waals surface area (Å²) in [5.41, 5.74) is 3.88. The molecule has 0 aliphatic carbocycles. The summed E-state index contributed by atoms with van der Waals surface area (Å²) in [5, 5.41) is 7.50. The van der Waals surface area contributed by atoms with E-state index in [0.717, 1.165) is 45.6 Å². The Morgan fingerprint density at radius 2 is 1.96 bits per heavy atom. The molecular formula is C20H21BrN4O. The van der Waals surface area contributed by atoms with Gasteiger partial charge in [0.15, 0.2) is 0 Å². The van der Waals surface area contributed by atoms with Crippen LogP contribution < -0.4 is 5.32 Å². The molecule has 0 unspecified atom stereocenters. The topological polar surface area (TPSA) is 59.8 Å². The largest absolute Gasteiger partial charge is 0.310 e. The molecule has 0 aliphatic heterocycles. The van der Waals surface area contributed by atoms with Gasteiger partial charge in [0.25, 0.3) is 0 Å². The van der Waals surface area contributed by atoms with Gasteiger partial charge in [-0.1, -0.05) is 34.1 Å². The predicted molar refractivity (Wildman–Crippen MR) is 107 cm³/mol. The van der Waals surface area contributed by atoms with Crippen molar-refractivity contribution < 1.29 is 4.79 Å². The van der Waals surface area contributed by atoms with Crippen LogP contribution in [0.4, 0.5) is 5.82 Å². The lowest BCUT2D eigenvalue weighted by molar-refractivity contribution is -0.116. The number of halogens is 1. The Bertz CT molecular complexity index is 888. The lowest BCUT2D eigenvalue weighted by Gasteiger charge is -2.09. The Kier molecular flexibility index (Phi) is 5.83. The molecule has 1 aromatic carbocycles. The van der Waals surface area contributed by atoms with Crippen LogP contribution in [0.15, 0.2) is 53.1 Å². The zero-order chi connectivity index (χ0) is 18.5. The molecule has 0 bridgehead atoms. The first kappa shape index (κ1) is 18.3. The van der Waals surface area contributed by atoms with Crippen molar-refractivity contribution in [2.75, 3.05) is 5.32 Å². The molecule has 2 aromatic heterocycles. The summed E-state index contributed by atoms with van der Waals surface area (Å²) in [6, 6.07) is 13.8. The van der Waals surface area contributed by atoms with Gasteiger partial charge in [-0.15, -0.1) is 0 Å². The number of aromatic nitrogens is 3. The normalized spacial score (nSPS) is 10.7. The fourth-order valence-electron chi connectivity index (χ4n) is 2.93. The van der Waals surface area contributed by atoms with Gasteiger partial charge in [0.1, 0.15) is 5.82 Å². The highest BCUT2D eigenvalue weighted by atomic mass is 79.9. The molecule has 1 N–H and O–H groups in total. The van der Waals surface area contributed by atoms with Gasteiger partial charge in [0.2, 0.25) is 5.91 Å². The van der Waals surface area contributed by atoms with E-state index in [2.05, 4.69) is 31.3 Å². The molecule has 0 saturated heterocycles. The number of aryl methyl sites for hydroxylation is 3. The number of nitrogens with zero attached hydrogens (tertiary/aromatic N) is 3. The Morgan fingerprint density at radius 1 is 1.19 bits per heavy atom. The average molecular weight is 413 g/mol. The Morgan fingerprint density at radius 3 is 2.65 bits per heavy atom. The molecule has 26 heavy (non-hydrogen) atoms. The molecule has 134 valence electrons. The van der Waals surface area contributed by atoms with Crippen molar-refractivity contribution >= 4 is 27.7 Å². The zero-order valence-electron chi connectivity index (χ0n) is 14.9. The first-order valence-corrected chi connectivity index (χ1v) is 9.33. The molecule has 3 rings (SSSR count). The van der Waals surface area contributed by atoms with Crippen LogP contribution >= 0.6 is 15.9 Å². The Balaban J connectivity index is 1.69. The number of pyridine rings is 1. The third-order valence-electron chi connectivity index (χ3n) is 4.18. The molecule has 2 heterocycles. The number of carbonyl (C=O) groups excluding carboxylic acids is 1. The van der Waals surface area contributed by atoms with Gasteiger partial charge < -0.3 is 5.32 Å². The maximum atomic E-state index is 12.4.